The summed E-state index contributed by atoms with van der Waals surface area (Å²) in [6.07, 6.45) is 4.12. The summed E-state index contributed by atoms with van der Waals surface area (Å²) in [5.41, 5.74) is 0.0831. The lowest BCUT2D eigenvalue weighted by Gasteiger charge is -2.27. The zero-order valence-electron chi connectivity index (χ0n) is 9.25. The van der Waals surface area contributed by atoms with Gasteiger partial charge in [-0.3, -0.25) is 4.79 Å². The fourth-order valence-electron chi connectivity index (χ4n) is 2.12. The lowest BCUT2D eigenvalue weighted by molar-refractivity contribution is 0.0900. The van der Waals surface area contributed by atoms with Gasteiger partial charge in [0.25, 0.3) is 5.91 Å². The molecule has 1 heterocycles. The second kappa shape index (κ2) is 4.45. The summed E-state index contributed by atoms with van der Waals surface area (Å²) in [6, 6.07) is 1.63. The lowest BCUT2D eigenvalue weighted by Crippen LogP contribution is -2.48. The van der Waals surface area contributed by atoms with E-state index in [1.165, 1.54) is 0 Å². The van der Waals surface area contributed by atoms with Crippen molar-refractivity contribution in [3.63, 3.8) is 0 Å². The molecule has 1 N–H and O–H groups in total. The Kier molecular flexibility index (Phi) is 3.19. The average molecular weight is 243 g/mol. The third-order valence-electron chi connectivity index (χ3n) is 3.06. The molecule has 1 aromatic rings. The Bertz CT molecular complexity index is 383. The van der Waals surface area contributed by atoms with Gasteiger partial charge in [-0.2, -0.15) is 0 Å². The summed E-state index contributed by atoms with van der Waals surface area (Å²) < 4.78 is 4.87. The number of aryl methyl sites for hydroxylation is 1. The van der Waals surface area contributed by atoms with Crippen LogP contribution in [0.15, 0.2) is 10.6 Å². The molecule has 0 saturated heterocycles. The van der Waals surface area contributed by atoms with Crippen LogP contribution < -0.4 is 5.32 Å². The van der Waals surface area contributed by atoms with Crippen molar-refractivity contribution in [1.29, 1.82) is 0 Å². The Morgan fingerprint density at radius 1 is 1.62 bits per heavy atom. The number of aromatic nitrogens is 1. The van der Waals surface area contributed by atoms with Crippen LogP contribution in [0.3, 0.4) is 0 Å². The zero-order chi connectivity index (χ0) is 11.6. The third kappa shape index (κ3) is 2.21. The van der Waals surface area contributed by atoms with Crippen LogP contribution >= 0.6 is 11.6 Å². The average Bonchev–Trinajstić information content (AvgIpc) is 2.88. The molecule has 1 aliphatic carbocycles. The molecular formula is C11H15ClN2O2. The van der Waals surface area contributed by atoms with Crippen LogP contribution in [0.2, 0.25) is 0 Å². The Morgan fingerprint density at radius 2 is 2.31 bits per heavy atom. The molecule has 16 heavy (non-hydrogen) atoms. The molecule has 0 bridgehead atoms. The molecule has 0 spiro atoms. The highest BCUT2D eigenvalue weighted by molar-refractivity contribution is 6.19. The van der Waals surface area contributed by atoms with Crippen molar-refractivity contribution < 1.29 is 9.32 Å². The van der Waals surface area contributed by atoms with E-state index in [2.05, 4.69) is 10.5 Å². The molecule has 2 rings (SSSR count). The van der Waals surface area contributed by atoms with Crippen LogP contribution in [-0.4, -0.2) is 22.5 Å². The van der Waals surface area contributed by atoms with Gasteiger partial charge in [-0.15, -0.1) is 11.6 Å². The summed E-state index contributed by atoms with van der Waals surface area (Å²) >= 11 is 5.94. The smallest absolute Gasteiger partial charge is 0.273 e. The summed E-state index contributed by atoms with van der Waals surface area (Å²) in [5.74, 6) is 0.895. The molecule has 88 valence electrons. The van der Waals surface area contributed by atoms with Crippen LogP contribution in [0, 0.1) is 6.92 Å². The van der Waals surface area contributed by atoms with Crippen LogP contribution in [0.1, 0.15) is 41.9 Å². The van der Waals surface area contributed by atoms with Gasteiger partial charge >= 0.3 is 0 Å². The maximum atomic E-state index is 11.9. The van der Waals surface area contributed by atoms with E-state index in [0.29, 0.717) is 17.3 Å². The van der Waals surface area contributed by atoms with Crippen molar-refractivity contribution in [3.8, 4) is 0 Å². The predicted molar refractivity (Wildman–Crippen MR) is 60.6 cm³/mol. The minimum atomic E-state index is -0.245. The van der Waals surface area contributed by atoms with Gasteiger partial charge in [0, 0.05) is 11.9 Å². The molecule has 5 heteroatoms. The van der Waals surface area contributed by atoms with Gasteiger partial charge in [-0.1, -0.05) is 18.0 Å². The van der Waals surface area contributed by atoms with E-state index in [-0.39, 0.29) is 11.4 Å². The zero-order valence-corrected chi connectivity index (χ0v) is 10.0. The molecule has 4 nitrogen and oxygen atoms in total. The first kappa shape index (κ1) is 11.5. The van der Waals surface area contributed by atoms with E-state index < -0.39 is 0 Å². The van der Waals surface area contributed by atoms with Crippen LogP contribution in [-0.2, 0) is 0 Å². The Hall–Kier alpha value is -1.03. The number of nitrogens with zero attached hydrogens (tertiary/aromatic N) is 1. The van der Waals surface area contributed by atoms with E-state index in [1.54, 1.807) is 13.0 Å². The number of nitrogens with one attached hydrogen (secondary N) is 1. The van der Waals surface area contributed by atoms with Crippen LogP contribution in [0.4, 0.5) is 0 Å². The Labute approximate surface area is 99.3 Å². The van der Waals surface area contributed by atoms with Gasteiger partial charge in [0.2, 0.25) is 0 Å². The molecule has 1 saturated carbocycles. The number of alkyl halides is 1. The molecule has 0 aliphatic heterocycles. The highest BCUT2D eigenvalue weighted by Crippen LogP contribution is 2.30. The van der Waals surface area contributed by atoms with Crippen molar-refractivity contribution in [1.82, 2.24) is 10.5 Å². The van der Waals surface area contributed by atoms with Gasteiger partial charge in [0.15, 0.2) is 5.69 Å². The van der Waals surface area contributed by atoms with Crippen LogP contribution in [0.25, 0.3) is 0 Å². The molecule has 0 radical (unpaired) electrons. The van der Waals surface area contributed by atoms with Gasteiger partial charge in [-0.25, -0.2) is 0 Å². The molecular weight excluding hydrogens is 228 g/mol. The van der Waals surface area contributed by atoms with Crippen molar-refractivity contribution in [2.45, 2.75) is 38.1 Å². The second-order valence-corrected chi connectivity index (χ2v) is 4.67. The topological polar surface area (TPSA) is 55.1 Å². The first-order valence-corrected chi connectivity index (χ1v) is 6.00. The number of hydrogen-bond acceptors (Lipinski definition) is 3. The van der Waals surface area contributed by atoms with E-state index >= 15 is 0 Å². The standard InChI is InChI=1S/C11H15ClN2O2/c1-8-6-9(14-16-8)10(15)13-11(7-12)4-2-3-5-11/h6H,2-5,7H2,1H3,(H,13,15). The summed E-state index contributed by atoms with van der Waals surface area (Å²) in [5, 5.41) is 6.67. The van der Waals surface area contributed by atoms with E-state index in [1.807, 2.05) is 0 Å². The first-order chi connectivity index (χ1) is 7.65. The van der Waals surface area contributed by atoms with Gasteiger partial charge in [0.1, 0.15) is 5.76 Å². The van der Waals surface area contributed by atoms with Gasteiger partial charge in [-0.05, 0) is 19.8 Å². The largest absolute Gasteiger partial charge is 0.361 e. The number of hydrogen-bond donors (Lipinski definition) is 1. The second-order valence-electron chi connectivity index (χ2n) is 4.40. The van der Waals surface area contributed by atoms with Crippen molar-refractivity contribution >= 4 is 17.5 Å². The minimum Gasteiger partial charge on any atom is -0.361 e. The van der Waals surface area contributed by atoms with Crippen molar-refractivity contribution in [2.24, 2.45) is 0 Å². The fraction of sp³-hybridized carbons (Fsp3) is 0.636. The highest BCUT2D eigenvalue weighted by Gasteiger charge is 2.35. The Morgan fingerprint density at radius 3 is 2.81 bits per heavy atom. The Balaban J connectivity index is 2.06. The molecule has 0 aromatic carbocycles. The lowest BCUT2D eigenvalue weighted by atomic mass is 10.0. The predicted octanol–water partition coefficient (Wildman–Crippen LogP) is 2.26. The SMILES string of the molecule is Cc1cc(C(=O)NC2(CCl)CCCC2)no1. The molecule has 1 fully saturated rings. The summed E-state index contributed by atoms with van der Waals surface area (Å²) in [4.78, 5) is 11.9. The molecule has 0 atom stereocenters. The molecule has 1 aliphatic rings. The maximum Gasteiger partial charge on any atom is 0.273 e. The first-order valence-electron chi connectivity index (χ1n) is 5.47. The van der Waals surface area contributed by atoms with E-state index in [0.717, 1.165) is 25.7 Å². The third-order valence-corrected chi connectivity index (χ3v) is 3.57. The normalized spacial score (nSPS) is 18.6. The molecule has 1 aromatic heterocycles. The number of carbonyl (C=O) groups excluding carboxylic acids is 1. The quantitative estimate of drug-likeness (QED) is 0.828. The van der Waals surface area contributed by atoms with Crippen molar-refractivity contribution in [2.75, 3.05) is 5.88 Å². The highest BCUT2D eigenvalue weighted by atomic mass is 35.5. The summed E-state index contributed by atoms with van der Waals surface area (Å²) in [7, 11) is 0. The van der Waals surface area contributed by atoms with Crippen molar-refractivity contribution in [3.05, 3.63) is 17.5 Å². The maximum absolute atomic E-state index is 11.9. The van der Waals surface area contributed by atoms with E-state index in [4.69, 9.17) is 16.1 Å². The number of halogens is 1. The number of carbonyl (C=O) groups is 1. The van der Waals surface area contributed by atoms with Gasteiger partial charge in [0.05, 0.1) is 5.54 Å². The van der Waals surface area contributed by atoms with Crippen LogP contribution in [0.5, 0.6) is 0 Å². The molecule has 1 amide bonds. The summed E-state index contributed by atoms with van der Waals surface area (Å²) in [6.45, 7) is 1.76. The monoisotopic (exact) mass is 242 g/mol. The molecule has 0 unspecified atom stereocenters. The number of amides is 1. The number of rotatable bonds is 3. The van der Waals surface area contributed by atoms with E-state index in [9.17, 15) is 4.79 Å². The van der Waals surface area contributed by atoms with Gasteiger partial charge < -0.3 is 9.84 Å². The fourth-order valence-corrected chi connectivity index (χ4v) is 2.46. The minimum absolute atomic E-state index is 0.195.